The van der Waals surface area contributed by atoms with E-state index in [-0.39, 0.29) is 6.08 Å². The van der Waals surface area contributed by atoms with Gasteiger partial charge in [-0.3, -0.25) is 4.79 Å². The van der Waals surface area contributed by atoms with Gasteiger partial charge in [0.05, 0.1) is 0 Å². The second kappa shape index (κ2) is 4.33. The van der Waals surface area contributed by atoms with E-state index >= 15 is 0 Å². The number of rotatable bonds is 3. The lowest BCUT2D eigenvalue weighted by Crippen LogP contribution is -1.84. The molecule has 4 heteroatoms. The second-order valence-electron chi connectivity index (χ2n) is 3.74. The average Bonchev–Trinajstić information content (AvgIpc) is 2.82. The molecular weight excluding hydrogens is 230 g/mol. The van der Waals surface area contributed by atoms with Crippen LogP contribution in [0.25, 0.3) is 11.1 Å². The van der Waals surface area contributed by atoms with E-state index in [1.54, 1.807) is 24.3 Å². The highest BCUT2D eigenvalue weighted by molar-refractivity contribution is 5.75. The Morgan fingerprint density at radius 1 is 1.06 bits per heavy atom. The Kier molecular flexibility index (Phi) is 2.53. The lowest BCUT2D eigenvalue weighted by Gasteiger charge is -1.99. The van der Waals surface area contributed by atoms with Crippen LogP contribution in [-0.4, -0.2) is 11.3 Å². The topological polar surface area (TPSA) is 52.3 Å². The first-order chi connectivity index (χ1) is 8.85. The van der Waals surface area contributed by atoms with Crippen LogP contribution in [0.2, 0.25) is 0 Å². The molecule has 88 valence electrons. The van der Waals surface area contributed by atoms with Crippen molar-refractivity contribution in [1.29, 1.82) is 0 Å². The second-order valence-corrected chi connectivity index (χ2v) is 3.74. The largest absolute Gasteiger partial charge is 0.411 e. The number of hydrogen-bond acceptors (Lipinski definition) is 4. The monoisotopic (exact) mass is 239 g/mol. The summed E-state index contributed by atoms with van der Waals surface area (Å²) in [7, 11) is 0. The van der Waals surface area contributed by atoms with Gasteiger partial charge in [0.1, 0.15) is 17.6 Å². The molecule has 0 saturated carbocycles. The molecule has 0 spiro atoms. The van der Waals surface area contributed by atoms with Gasteiger partial charge in [0.2, 0.25) is 0 Å². The summed E-state index contributed by atoms with van der Waals surface area (Å²) in [5, 5.41) is 0. The maximum Gasteiger partial charge on any atom is 0.400 e. The zero-order valence-electron chi connectivity index (χ0n) is 9.37. The molecule has 0 unspecified atom stereocenters. The number of oxazole rings is 1. The van der Waals surface area contributed by atoms with Crippen LogP contribution < -0.4 is 4.74 Å². The van der Waals surface area contributed by atoms with Gasteiger partial charge in [-0.15, -0.1) is 0 Å². The summed E-state index contributed by atoms with van der Waals surface area (Å²) in [6, 6.07) is 14.2. The smallest absolute Gasteiger partial charge is 0.400 e. The van der Waals surface area contributed by atoms with E-state index < -0.39 is 0 Å². The van der Waals surface area contributed by atoms with Crippen molar-refractivity contribution in [3.63, 3.8) is 0 Å². The summed E-state index contributed by atoms with van der Waals surface area (Å²) in [5.74, 6) is 0.576. The number of carbonyl (C=O) groups is 1. The van der Waals surface area contributed by atoms with Gasteiger partial charge in [-0.2, -0.15) is 4.98 Å². The molecule has 0 saturated heterocycles. The Hall–Kier alpha value is -2.62. The third kappa shape index (κ3) is 1.96. The fourth-order valence-corrected chi connectivity index (χ4v) is 1.61. The number of benzene rings is 2. The van der Waals surface area contributed by atoms with E-state index in [4.69, 9.17) is 9.15 Å². The van der Waals surface area contributed by atoms with E-state index in [2.05, 4.69) is 4.98 Å². The predicted molar refractivity (Wildman–Crippen MR) is 65.9 cm³/mol. The van der Waals surface area contributed by atoms with Gasteiger partial charge in [-0.05, 0) is 36.4 Å². The van der Waals surface area contributed by atoms with Crippen molar-refractivity contribution in [3.05, 3.63) is 54.1 Å². The minimum atomic E-state index is 0.190. The molecule has 3 rings (SSSR count). The summed E-state index contributed by atoms with van der Waals surface area (Å²) >= 11 is 0. The molecule has 0 aliphatic carbocycles. The molecule has 0 bridgehead atoms. The molecule has 0 atom stereocenters. The minimum Gasteiger partial charge on any atom is -0.411 e. The van der Waals surface area contributed by atoms with Crippen LogP contribution in [0.4, 0.5) is 0 Å². The SMILES string of the molecule is O=Cc1ccc(Oc2nc3ccccc3o2)cc1. The van der Waals surface area contributed by atoms with Crippen LogP contribution in [0.5, 0.6) is 11.8 Å². The molecule has 1 aromatic heterocycles. The zero-order valence-corrected chi connectivity index (χ0v) is 9.37. The van der Waals surface area contributed by atoms with Crippen molar-refractivity contribution in [2.75, 3.05) is 0 Å². The Morgan fingerprint density at radius 2 is 1.83 bits per heavy atom. The molecule has 4 nitrogen and oxygen atoms in total. The van der Waals surface area contributed by atoms with Gasteiger partial charge in [-0.1, -0.05) is 12.1 Å². The van der Waals surface area contributed by atoms with E-state index in [0.29, 0.717) is 16.9 Å². The molecule has 0 fully saturated rings. The molecule has 0 aliphatic rings. The van der Waals surface area contributed by atoms with Crippen LogP contribution in [0.1, 0.15) is 10.4 Å². The summed E-state index contributed by atoms with van der Waals surface area (Å²) in [5.41, 5.74) is 2.02. The van der Waals surface area contributed by atoms with E-state index in [9.17, 15) is 4.79 Å². The first-order valence-corrected chi connectivity index (χ1v) is 5.44. The number of fused-ring (bicyclic) bond motifs is 1. The molecule has 0 aliphatic heterocycles. The minimum absolute atomic E-state index is 0.190. The maximum atomic E-state index is 10.5. The quantitative estimate of drug-likeness (QED) is 0.657. The number of nitrogens with zero attached hydrogens (tertiary/aromatic N) is 1. The fraction of sp³-hybridized carbons (Fsp3) is 0. The van der Waals surface area contributed by atoms with Gasteiger partial charge in [0.25, 0.3) is 0 Å². The number of aldehydes is 1. The molecule has 1 heterocycles. The Bertz CT molecular complexity index is 653. The first kappa shape index (κ1) is 10.5. The standard InChI is InChI=1S/C14H9NO3/c16-9-10-5-7-11(8-6-10)17-14-15-12-3-1-2-4-13(12)18-14/h1-9H. The number of ether oxygens (including phenoxy) is 1. The Morgan fingerprint density at radius 3 is 2.56 bits per heavy atom. The van der Waals surface area contributed by atoms with Crippen LogP contribution in [-0.2, 0) is 0 Å². The Balaban J connectivity index is 1.88. The molecule has 18 heavy (non-hydrogen) atoms. The summed E-state index contributed by atoms with van der Waals surface area (Å²) in [6.07, 6.45) is 0.971. The number of hydrogen-bond donors (Lipinski definition) is 0. The highest BCUT2D eigenvalue weighted by Crippen LogP contribution is 2.25. The Labute approximate surface area is 103 Å². The molecule has 0 radical (unpaired) electrons. The fourth-order valence-electron chi connectivity index (χ4n) is 1.61. The van der Waals surface area contributed by atoms with Crippen molar-refractivity contribution in [1.82, 2.24) is 4.98 Å². The normalized spacial score (nSPS) is 10.4. The lowest BCUT2D eigenvalue weighted by atomic mass is 10.2. The molecule has 2 aromatic carbocycles. The van der Waals surface area contributed by atoms with Gasteiger partial charge in [0, 0.05) is 5.56 Å². The van der Waals surface area contributed by atoms with Gasteiger partial charge in [-0.25, -0.2) is 0 Å². The van der Waals surface area contributed by atoms with Crippen LogP contribution in [0, 0.1) is 0 Å². The van der Waals surface area contributed by atoms with Crippen LogP contribution in [0.15, 0.2) is 52.9 Å². The van der Waals surface area contributed by atoms with Crippen molar-refractivity contribution in [2.24, 2.45) is 0 Å². The number of aromatic nitrogens is 1. The van der Waals surface area contributed by atoms with Gasteiger partial charge in [0.15, 0.2) is 5.58 Å². The molecular formula is C14H9NO3. The van der Waals surface area contributed by atoms with Crippen molar-refractivity contribution < 1.29 is 13.9 Å². The average molecular weight is 239 g/mol. The summed E-state index contributed by atoms with van der Waals surface area (Å²) in [6.45, 7) is 0. The highest BCUT2D eigenvalue weighted by Gasteiger charge is 2.06. The van der Waals surface area contributed by atoms with Gasteiger partial charge >= 0.3 is 6.08 Å². The lowest BCUT2D eigenvalue weighted by molar-refractivity contribution is 0.112. The van der Waals surface area contributed by atoms with Crippen molar-refractivity contribution >= 4 is 17.4 Å². The van der Waals surface area contributed by atoms with E-state index in [0.717, 1.165) is 11.8 Å². The predicted octanol–water partition coefficient (Wildman–Crippen LogP) is 3.43. The third-order valence-corrected chi connectivity index (χ3v) is 2.50. The molecule has 3 aromatic rings. The number of para-hydroxylation sites is 2. The van der Waals surface area contributed by atoms with Crippen molar-refractivity contribution in [2.45, 2.75) is 0 Å². The number of carbonyl (C=O) groups excluding carboxylic acids is 1. The third-order valence-electron chi connectivity index (χ3n) is 2.50. The van der Waals surface area contributed by atoms with Gasteiger partial charge < -0.3 is 9.15 Å². The molecule has 0 amide bonds. The summed E-state index contributed by atoms with van der Waals surface area (Å²) < 4.78 is 10.9. The van der Waals surface area contributed by atoms with E-state index in [1.807, 2.05) is 24.3 Å². The van der Waals surface area contributed by atoms with Crippen LogP contribution >= 0.6 is 0 Å². The molecule has 0 N–H and O–H groups in total. The van der Waals surface area contributed by atoms with Crippen molar-refractivity contribution in [3.8, 4) is 11.8 Å². The van der Waals surface area contributed by atoms with E-state index in [1.165, 1.54) is 0 Å². The zero-order chi connectivity index (χ0) is 12.4. The summed E-state index contributed by atoms with van der Waals surface area (Å²) in [4.78, 5) is 14.7. The maximum absolute atomic E-state index is 10.5. The first-order valence-electron chi connectivity index (χ1n) is 5.44. The highest BCUT2D eigenvalue weighted by atomic mass is 16.6. The van der Waals surface area contributed by atoms with Crippen LogP contribution in [0.3, 0.4) is 0 Å².